The molecular weight excluding hydrogens is 196 g/mol. The van der Waals surface area contributed by atoms with Crippen LogP contribution in [0.15, 0.2) is 18.2 Å². The van der Waals surface area contributed by atoms with E-state index in [0.29, 0.717) is 11.5 Å². The van der Waals surface area contributed by atoms with Gasteiger partial charge in [0.1, 0.15) is 0 Å². The zero-order valence-electron chi connectivity index (χ0n) is 10.5. The fraction of sp³-hybridized carbons (Fsp3) is 0.571. The Bertz CT molecular complexity index is 380. The highest BCUT2D eigenvalue weighted by Crippen LogP contribution is 2.48. The van der Waals surface area contributed by atoms with Crippen LogP contribution in [-0.4, -0.2) is 6.04 Å². The first-order valence-corrected chi connectivity index (χ1v) is 6.07. The Morgan fingerprint density at radius 2 is 2.06 bits per heavy atom. The Labute approximate surface area is 98.2 Å². The zero-order valence-corrected chi connectivity index (χ0v) is 10.5. The molecule has 0 aliphatic heterocycles. The molecular formula is C14H22N2. The van der Waals surface area contributed by atoms with Crippen LogP contribution in [0.3, 0.4) is 0 Å². The minimum absolute atomic E-state index is 0.410. The third-order valence-corrected chi connectivity index (χ3v) is 4.01. The van der Waals surface area contributed by atoms with Crippen molar-refractivity contribution >= 4 is 0 Å². The summed E-state index contributed by atoms with van der Waals surface area (Å²) in [5, 5.41) is 0. The Hall–Kier alpha value is -0.860. The van der Waals surface area contributed by atoms with Crippen LogP contribution < -0.4 is 11.3 Å². The van der Waals surface area contributed by atoms with Gasteiger partial charge in [-0.25, -0.2) is 0 Å². The van der Waals surface area contributed by atoms with Crippen LogP contribution >= 0.6 is 0 Å². The molecule has 1 aliphatic carbocycles. The summed E-state index contributed by atoms with van der Waals surface area (Å²) in [7, 11) is 0. The van der Waals surface area contributed by atoms with Crippen molar-refractivity contribution < 1.29 is 0 Å². The first-order chi connectivity index (χ1) is 7.55. The van der Waals surface area contributed by atoms with Gasteiger partial charge in [0.15, 0.2) is 0 Å². The second-order valence-electron chi connectivity index (χ2n) is 5.51. The maximum atomic E-state index is 5.68. The summed E-state index contributed by atoms with van der Waals surface area (Å²) in [6.45, 7) is 6.65. The maximum Gasteiger partial charge on any atom is 0.0304 e. The monoisotopic (exact) mass is 218 g/mol. The van der Waals surface area contributed by atoms with Crippen molar-refractivity contribution in [2.45, 2.75) is 46.1 Å². The topological polar surface area (TPSA) is 38.0 Å². The number of nitrogens with one attached hydrogen (secondary N) is 1. The van der Waals surface area contributed by atoms with Crippen molar-refractivity contribution in [3.05, 3.63) is 34.9 Å². The van der Waals surface area contributed by atoms with E-state index in [-0.39, 0.29) is 0 Å². The standard InChI is InChI=1S/C14H22N2/c1-10-4-5-11(2)12(8-10)9-13(16-15)14(3)6-7-14/h4-5,8,13,16H,6-7,9,15H2,1-3H3. The Balaban J connectivity index is 2.15. The second kappa shape index (κ2) is 4.19. The van der Waals surface area contributed by atoms with Crippen molar-refractivity contribution in [1.29, 1.82) is 0 Å². The Kier molecular flexibility index (Phi) is 3.04. The van der Waals surface area contributed by atoms with Gasteiger partial charge < -0.3 is 0 Å². The molecule has 1 saturated carbocycles. The number of hydrogen-bond acceptors (Lipinski definition) is 2. The van der Waals surface area contributed by atoms with Crippen molar-refractivity contribution in [2.75, 3.05) is 0 Å². The van der Waals surface area contributed by atoms with E-state index in [1.54, 1.807) is 0 Å². The van der Waals surface area contributed by atoms with Crippen LogP contribution in [0.1, 0.15) is 36.5 Å². The molecule has 0 heterocycles. The van der Waals surface area contributed by atoms with Gasteiger partial charge in [0, 0.05) is 6.04 Å². The maximum absolute atomic E-state index is 5.68. The third-order valence-electron chi connectivity index (χ3n) is 4.01. The molecule has 0 bridgehead atoms. The smallest absolute Gasteiger partial charge is 0.0304 e. The highest BCUT2D eigenvalue weighted by atomic mass is 15.2. The summed E-state index contributed by atoms with van der Waals surface area (Å²) in [6, 6.07) is 7.06. The molecule has 1 atom stereocenters. The molecule has 0 spiro atoms. The largest absolute Gasteiger partial charge is 0.271 e. The molecule has 1 aromatic carbocycles. The normalized spacial score (nSPS) is 19.5. The first kappa shape index (κ1) is 11.6. The number of benzene rings is 1. The van der Waals surface area contributed by atoms with Gasteiger partial charge in [-0.15, -0.1) is 0 Å². The number of aryl methyl sites for hydroxylation is 2. The Morgan fingerprint density at radius 1 is 1.38 bits per heavy atom. The van der Waals surface area contributed by atoms with E-state index in [9.17, 15) is 0 Å². The minimum atomic E-state index is 0.410. The summed E-state index contributed by atoms with van der Waals surface area (Å²) < 4.78 is 0. The van der Waals surface area contributed by atoms with Crippen LogP contribution in [-0.2, 0) is 6.42 Å². The van der Waals surface area contributed by atoms with Gasteiger partial charge in [-0.05, 0) is 49.7 Å². The average Bonchev–Trinajstić information content (AvgIpc) is 2.99. The summed E-state index contributed by atoms with van der Waals surface area (Å²) in [4.78, 5) is 0. The number of rotatable bonds is 4. The number of hydrogen-bond donors (Lipinski definition) is 2. The molecule has 2 heteroatoms. The van der Waals surface area contributed by atoms with E-state index in [4.69, 9.17) is 5.84 Å². The molecule has 88 valence electrons. The van der Waals surface area contributed by atoms with E-state index < -0.39 is 0 Å². The molecule has 1 aliphatic rings. The summed E-state index contributed by atoms with van der Waals surface area (Å²) >= 11 is 0. The molecule has 3 N–H and O–H groups in total. The molecule has 1 fully saturated rings. The van der Waals surface area contributed by atoms with Crippen LogP contribution in [0.4, 0.5) is 0 Å². The summed E-state index contributed by atoms with van der Waals surface area (Å²) in [5.41, 5.74) is 7.55. The molecule has 1 unspecified atom stereocenters. The van der Waals surface area contributed by atoms with Gasteiger partial charge in [-0.1, -0.05) is 30.7 Å². The number of nitrogens with two attached hydrogens (primary N) is 1. The van der Waals surface area contributed by atoms with Crippen LogP contribution in [0, 0.1) is 19.3 Å². The predicted octanol–water partition coefficient (Wildman–Crippen LogP) is 2.48. The quantitative estimate of drug-likeness (QED) is 0.602. The van der Waals surface area contributed by atoms with E-state index in [1.807, 2.05) is 0 Å². The molecule has 0 aromatic heterocycles. The van der Waals surface area contributed by atoms with E-state index in [2.05, 4.69) is 44.4 Å². The van der Waals surface area contributed by atoms with E-state index in [1.165, 1.54) is 29.5 Å². The van der Waals surface area contributed by atoms with Crippen molar-refractivity contribution in [3.8, 4) is 0 Å². The van der Waals surface area contributed by atoms with Crippen molar-refractivity contribution in [1.82, 2.24) is 5.43 Å². The molecule has 0 saturated heterocycles. The van der Waals surface area contributed by atoms with Gasteiger partial charge >= 0.3 is 0 Å². The molecule has 0 amide bonds. The zero-order chi connectivity index (χ0) is 11.8. The Morgan fingerprint density at radius 3 is 2.62 bits per heavy atom. The first-order valence-electron chi connectivity index (χ1n) is 6.07. The fourth-order valence-corrected chi connectivity index (χ4v) is 2.29. The summed E-state index contributed by atoms with van der Waals surface area (Å²) in [6.07, 6.45) is 3.64. The minimum Gasteiger partial charge on any atom is -0.271 e. The number of hydrazine groups is 1. The highest BCUT2D eigenvalue weighted by molar-refractivity contribution is 5.31. The van der Waals surface area contributed by atoms with Gasteiger partial charge in [-0.2, -0.15) is 0 Å². The lowest BCUT2D eigenvalue weighted by Gasteiger charge is -2.23. The third kappa shape index (κ3) is 2.28. The lowest BCUT2D eigenvalue weighted by molar-refractivity contribution is 0.359. The van der Waals surface area contributed by atoms with E-state index in [0.717, 1.165) is 6.42 Å². The second-order valence-corrected chi connectivity index (χ2v) is 5.51. The van der Waals surface area contributed by atoms with E-state index >= 15 is 0 Å². The molecule has 1 aromatic rings. The van der Waals surface area contributed by atoms with Gasteiger partial charge in [0.25, 0.3) is 0 Å². The predicted molar refractivity (Wildman–Crippen MR) is 68.1 cm³/mol. The van der Waals surface area contributed by atoms with Gasteiger partial charge in [0.05, 0.1) is 0 Å². The van der Waals surface area contributed by atoms with Crippen molar-refractivity contribution in [3.63, 3.8) is 0 Å². The molecule has 0 radical (unpaired) electrons. The lowest BCUT2D eigenvalue weighted by Crippen LogP contribution is -2.42. The van der Waals surface area contributed by atoms with Crippen LogP contribution in [0.5, 0.6) is 0 Å². The molecule has 16 heavy (non-hydrogen) atoms. The highest BCUT2D eigenvalue weighted by Gasteiger charge is 2.44. The summed E-state index contributed by atoms with van der Waals surface area (Å²) in [5.74, 6) is 5.68. The SMILES string of the molecule is Cc1ccc(C)c(CC(NN)C2(C)CC2)c1. The molecule has 2 nitrogen and oxygen atoms in total. The average molecular weight is 218 g/mol. The fourth-order valence-electron chi connectivity index (χ4n) is 2.29. The van der Waals surface area contributed by atoms with Crippen LogP contribution in [0.25, 0.3) is 0 Å². The molecule has 2 rings (SSSR count). The van der Waals surface area contributed by atoms with Crippen LogP contribution in [0.2, 0.25) is 0 Å². The van der Waals surface area contributed by atoms with Gasteiger partial charge in [0.2, 0.25) is 0 Å². The van der Waals surface area contributed by atoms with Gasteiger partial charge in [-0.3, -0.25) is 11.3 Å². The lowest BCUT2D eigenvalue weighted by atomic mass is 9.90. The van der Waals surface area contributed by atoms with Crippen molar-refractivity contribution in [2.24, 2.45) is 11.3 Å².